The third-order valence-corrected chi connectivity index (χ3v) is 3.76. The predicted molar refractivity (Wildman–Crippen MR) is 98.2 cm³/mol. The first-order chi connectivity index (χ1) is 12.6. The number of hydrogen-bond donors (Lipinski definition) is 2. The van der Waals surface area contributed by atoms with Crippen molar-refractivity contribution in [1.29, 1.82) is 0 Å². The van der Waals surface area contributed by atoms with E-state index in [4.69, 9.17) is 4.42 Å². The van der Waals surface area contributed by atoms with E-state index in [9.17, 15) is 9.59 Å². The van der Waals surface area contributed by atoms with Gasteiger partial charge in [-0.05, 0) is 35.9 Å². The van der Waals surface area contributed by atoms with Crippen LogP contribution in [-0.2, 0) is 22.6 Å². The van der Waals surface area contributed by atoms with Crippen LogP contribution in [0.15, 0.2) is 65.4 Å². The van der Waals surface area contributed by atoms with E-state index < -0.39 is 0 Å². The van der Waals surface area contributed by atoms with Crippen LogP contribution in [0.5, 0.6) is 0 Å². The lowest BCUT2D eigenvalue weighted by atomic mass is 10.1. The minimum Gasteiger partial charge on any atom is -0.463 e. The summed E-state index contributed by atoms with van der Waals surface area (Å²) in [6, 6.07) is 14.6. The predicted octanol–water partition coefficient (Wildman–Crippen LogP) is 3.16. The number of furan rings is 1. The van der Waals surface area contributed by atoms with Gasteiger partial charge >= 0.3 is 0 Å². The van der Waals surface area contributed by atoms with Gasteiger partial charge in [-0.2, -0.15) is 0 Å². The van der Waals surface area contributed by atoms with Crippen molar-refractivity contribution < 1.29 is 14.0 Å². The Balaban J connectivity index is 1.59. The van der Waals surface area contributed by atoms with Gasteiger partial charge in [0.25, 0.3) is 0 Å². The van der Waals surface area contributed by atoms with Crippen molar-refractivity contribution in [2.75, 3.05) is 5.32 Å². The molecule has 0 radical (unpaired) electrons. The highest BCUT2D eigenvalue weighted by Gasteiger charge is 2.10. The zero-order chi connectivity index (χ0) is 18.4. The van der Waals surface area contributed by atoms with Gasteiger partial charge in [0.1, 0.15) is 5.69 Å². The Hall–Kier alpha value is -3.41. The number of amides is 2. The van der Waals surface area contributed by atoms with Gasteiger partial charge in [0.05, 0.1) is 12.7 Å². The number of aromatic nitrogens is 1. The SMILES string of the molecule is CC(=O)Nc1ccc(CC(=O)NCc2cccnc2-c2ccco2)cc1. The Labute approximate surface area is 151 Å². The second kappa shape index (κ2) is 8.11. The Morgan fingerprint density at radius 1 is 1.08 bits per heavy atom. The fraction of sp³-hybridized carbons (Fsp3) is 0.150. The first kappa shape index (κ1) is 17.4. The van der Waals surface area contributed by atoms with E-state index in [-0.39, 0.29) is 18.2 Å². The maximum absolute atomic E-state index is 12.2. The van der Waals surface area contributed by atoms with E-state index in [1.54, 1.807) is 30.7 Å². The third kappa shape index (κ3) is 4.57. The summed E-state index contributed by atoms with van der Waals surface area (Å²) >= 11 is 0. The van der Waals surface area contributed by atoms with Crippen molar-refractivity contribution in [2.24, 2.45) is 0 Å². The quantitative estimate of drug-likeness (QED) is 0.716. The molecule has 0 unspecified atom stereocenters. The van der Waals surface area contributed by atoms with Crippen LogP contribution in [0.1, 0.15) is 18.1 Å². The topological polar surface area (TPSA) is 84.2 Å². The molecule has 2 N–H and O–H groups in total. The average molecular weight is 349 g/mol. The monoisotopic (exact) mass is 349 g/mol. The largest absolute Gasteiger partial charge is 0.463 e. The summed E-state index contributed by atoms with van der Waals surface area (Å²) in [4.78, 5) is 27.6. The minimum absolute atomic E-state index is 0.0912. The zero-order valence-electron chi connectivity index (χ0n) is 14.4. The van der Waals surface area contributed by atoms with E-state index in [0.29, 0.717) is 18.0 Å². The summed E-state index contributed by atoms with van der Waals surface area (Å²) in [5.74, 6) is 0.453. The Bertz CT molecular complexity index is 887. The molecule has 6 nitrogen and oxygen atoms in total. The second-order valence-corrected chi connectivity index (χ2v) is 5.82. The van der Waals surface area contributed by atoms with E-state index in [0.717, 1.165) is 16.8 Å². The molecule has 3 rings (SSSR count). The first-order valence-corrected chi connectivity index (χ1v) is 8.23. The van der Waals surface area contributed by atoms with E-state index in [2.05, 4.69) is 15.6 Å². The molecule has 2 amide bonds. The molecule has 26 heavy (non-hydrogen) atoms. The van der Waals surface area contributed by atoms with Gasteiger partial charge in [-0.15, -0.1) is 0 Å². The maximum Gasteiger partial charge on any atom is 0.224 e. The molecular formula is C20H19N3O3. The number of pyridine rings is 1. The van der Waals surface area contributed by atoms with Gasteiger partial charge in [-0.25, -0.2) is 0 Å². The van der Waals surface area contributed by atoms with Crippen LogP contribution in [0.4, 0.5) is 5.69 Å². The Morgan fingerprint density at radius 3 is 2.58 bits per heavy atom. The molecular weight excluding hydrogens is 330 g/mol. The van der Waals surface area contributed by atoms with Crippen LogP contribution >= 0.6 is 0 Å². The van der Waals surface area contributed by atoms with E-state index >= 15 is 0 Å². The summed E-state index contributed by atoms with van der Waals surface area (Å²) in [5.41, 5.74) is 3.18. The molecule has 0 aliphatic rings. The molecule has 2 aromatic heterocycles. The van der Waals surface area contributed by atoms with E-state index in [1.165, 1.54) is 6.92 Å². The molecule has 0 fully saturated rings. The molecule has 2 heterocycles. The van der Waals surface area contributed by atoms with Crippen molar-refractivity contribution in [2.45, 2.75) is 19.9 Å². The number of benzene rings is 1. The van der Waals surface area contributed by atoms with Crippen LogP contribution in [0, 0.1) is 0 Å². The molecule has 0 saturated heterocycles. The number of carbonyl (C=O) groups excluding carboxylic acids is 2. The zero-order valence-corrected chi connectivity index (χ0v) is 14.4. The van der Waals surface area contributed by atoms with Crippen molar-refractivity contribution in [3.8, 4) is 11.5 Å². The molecule has 0 saturated carbocycles. The van der Waals surface area contributed by atoms with Crippen molar-refractivity contribution in [1.82, 2.24) is 10.3 Å². The molecule has 132 valence electrons. The molecule has 6 heteroatoms. The summed E-state index contributed by atoms with van der Waals surface area (Å²) in [6.07, 6.45) is 3.55. The van der Waals surface area contributed by atoms with Crippen LogP contribution < -0.4 is 10.6 Å². The number of hydrogen-bond acceptors (Lipinski definition) is 4. The summed E-state index contributed by atoms with van der Waals surface area (Å²) in [5, 5.41) is 5.60. The summed E-state index contributed by atoms with van der Waals surface area (Å²) in [6.45, 7) is 1.82. The smallest absolute Gasteiger partial charge is 0.224 e. The lowest BCUT2D eigenvalue weighted by Gasteiger charge is -2.09. The van der Waals surface area contributed by atoms with Crippen LogP contribution in [0.2, 0.25) is 0 Å². The van der Waals surface area contributed by atoms with Crippen LogP contribution in [0.3, 0.4) is 0 Å². The lowest BCUT2D eigenvalue weighted by Crippen LogP contribution is -2.25. The number of carbonyl (C=O) groups is 2. The van der Waals surface area contributed by atoms with E-state index in [1.807, 2.05) is 30.3 Å². The molecule has 0 bridgehead atoms. The highest BCUT2D eigenvalue weighted by Crippen LogP contribution is 2.21. The minimum atomic E-state index is -0.126. The normalized spacial score (nSPS) is 10.3. The summed E-state index contributed by atoms with van der Waals surface area (Å²) < 4.78 is 5.40. The van der Waals surface area contributed by atoms with Gasteiger partial charge < -0.3 is 15.1 Å². The van der Waals surface area contributed by atoms with Gasteiger partial charge in [0.15, 0.2) is 5.76 Å². The number of nitrogens with one attached hydrogen (secondary N) is 2. The fourth-order valence-corrected chi connectivity index (χ4v) is 2.57. The van der Waals surface area contributed by atoms with Crippen molar-refractivity contribution in [3.05, 3.63) is 72.1 Å². The van der Waals surface area contributed by atoms with Gasteiger partial charge in [-0.1, -0.05) is 18.2 Å². The first-order valence-electron chi connectivity index (χ1n) is 8.23. The average Bonchev–Trinajstić information content (AvgIpc) is 3.16. The molecule has 0 aliphatic heterocycles. The highest BCUT2D eigenvalue weighted by atomic mass is 16.3. The molecule has 1 aromatic carbocycles. The molecule has 3 aromatic rings. The number of nitrogens with zero attached hydrogens (tertiary/aromatic N) is 1. The second-order valence-electron chi connectivity index (χ2n) is 5.82. The fourth-order valence-electron chi connectivity index (χ4n) is 2.57. The Morgan fingerprint density at radius 2 is 1.88 bits per heavy atom. The van der Waals surface area contributed by atoms with Crippen molar-refractivity contribution >= 4 is 17.5 Å². The Kier molecular flexibility index (Phi) is 5.43. The highest BCUT2D eigenvalue weighted by molar-refractivity contribution is 5.88. The standard InChI is InChI=1S/C20H19N3O3/c1-14(24)23-17-8-6-15(7-9-17)12-19(25)22-13-16-4-2-10-21-20(16)18-5-3-11-26-18/h2-11H,12-13H2,1H3,(H,22,25)(H,23,24). The summed E-state index contributed by atoms with van der Waals surface area (Å²) in [7, 11) is 0. The van der Waals surface area contributed by atoms with Gasteiger partial charge in [-0.3, -0.25) is 14.6 Å². The molecule has 0 aliphatic carbocycles. The lowest BCUT2D eigenvalue weighted by molar-refractivity contribution is -0.120. The van der Waals surface area contributed by atoms with Crippen LogP contribution in [-0.4, -0.2) is 16.8 Å². The maximum atomic E-state index is 12.2. The van der Waals surface area contributed by atoms with Gasteiger partial charge in [0, 0.05) is 30.9 Å². The number of rotatable bonds is 6. The van der Waals surface area contributed by atoms with Gasteiger partial charge in [0.2, 0.25) is 11.8 Å². The number of anilines is 1. The molecule has 0 spiro atoms. The van der Waals surface area contributed by atoms with Crippen molar-refractivity contribution in [3.63, 3.8) is 0 Å². The molecule has 0 atom stereocenters. The third-order valence-electron chi connectivity index (χ3n) is 3.76. The van der Waals surface area contributed by atoms with Crippen LogP contribution in [0.25, 0.3) is 11.5 Å².